The Morgan fingerprint density at radius 3 is 2.54 bits per heavy atom. The third kappa shape index (κ3) is 3.30. The molecule has 2 atom stereocenters. The average molecular weight is 203 g/mol. The molecule has 1 aliphatic rings. The quantitative estimate of drug-likeness (QED) is 0.642. The Morgan fingerprint density at radius 2 is 2.00 bits per heavy atom. The molecule has 1 aliphatic carbocycles. The van der Waals surface area contributed by atoms with Crippen LogP contribution in [0.4, 0.5) is 0 Å². The van der Waals surface area contributed by atoms with E-state index in [1.807, 2.05) is 0 Å². The van der Waals surface area contributed by atoms with Gasteiger partial charge in [-0.25, -0.2) is 0 Å². The van der Waals surface area contributed by atoms with Crippen LogP contribution in [0.5, 0.6) is 0 Å². The summed E-state index contributed by atoms with van der Waals surface area (Å²) in [5, 5.41) is 0.111. The van der Waals surface area contributed by atoms with Gasteiger partial charge in [0.2, 0.25) is 0 Å². The summed E-state index contributed by atoms with van der Waals surface area (Å²) in [5.41, 5.74) is 0. The first kappa shape index (κ1) is 11.0. The minimum Gasteiger partial charge on any atom is -0.299 e. The molecule has 0 bridgehead atoms. The fraction of sp³-hybridized carbons (Fsp3) is 0.909. The normalized spacial score (nSPS) is 29.2. The van der Waals surface area contributed by atoms with Gasteiger partial charge in [-0.2, -0.15) is 0 Å². The number of rotatable bonds is 3. The summed E-state index contributed by atoms with van der Waals surface area (Å²) in [6.45, 7) is 4.17. The van der Waals surface area contributed by atoms with Crippen molar-refractivity contribution < 1.29 is 4.79 Å². The van der Waals surface area contributed by atoms with E-state index in [1.165, 1.54) is 12.8 Å². The lowest BCUT2D eigenvalue weighted by Crippen LogP contribution is -2.28. The maximum absolute atomic E-state index is 11.7. The van der Waals surface area contributed by atoms with Crippen molar-refractivity contribution in [3.05, 3.63) is 0 Å². The molecule has 2 unspecified atom stereocenters. The predicted molar refractivity (Wildman–Crippen MR) is 56.1 cm³/mol. The molecular formula is C11H19ClO. The van der Waals surface area contributed by atoms with E-state index in [9.17, 15) is 4.79 Å². The van der Waals surface area contributed by atoms with Gasteiger partial charge in [-0.15, -0.1) is 11.6 Å². The largest absolute Gasteiger partial charge is 0.299 e. The molecule has 1 saturated carbocycles. The van der Waals surface area contributed by atoms with Crippen LogP contribution in [0.25, 0.3) is 0 Å². The topological polar surface area (TPSA) is 17.1 Å². The minimum absolute atomic E-state index is 0.111. The number of Topliss-reactive ketones (excluding diaryl/α,β-unsaturated/α-hetero) is 1. The fourth-order valence-electron chi connectivity index (χ4n) is 2.00. The molecule has 76 valence electrons. The van der Waals surface area contributed by atoms with Gasteiger partial charge in [0.15, 0.2) is 0 Å². The lowest BCUT2D eigenvalue weighted by atomic mass is 9.83. The molecule has 0 aromatic heterocycles. The Hall–Kier alpha value is -0.0400. The summed E-state index contributed by atoms with van der Waals surface area (Å²) in [6, 6.07) is 0. The highest BCUT2D eigenvalue weighted by Gasteiger charge is 2.29. The van der Waals surface area contributed by atoms with Gasteiger partial charge in [0.05, 0.1) is 0 Å². The number of carbonyl (C=O) groups excluding carboxylic acids is 1. The summed E-state index contributed by atoms with van der Waals surface area (Å²) in [7, 11) is 0. The van der Waals surface area contributed by atoms with Crippen molar-refractivity contribution in [1.82, 2.24) is 0 Å². The Bertz CT molecular complexity index is 177. The van der Waals surface area contributed by atoms with Gasteiger partial charge in [0.25, 0.3) is 0 Å². The Morgan fingerprint density at radius 1 is 1.38 bits per heavy atom. The highest BCUT2D eigenvalue weighted by Crippen LogP contribution is 2.30. The second kappa shape index (κ2) is 4.99. The Kier molecular flexibility index (Phi) is 4.24. The molecule has 0 aromatic rings. The fourth-order valence-corrected chi connectivity index (χ4v) is 2.42. The van der Waals surface area contributed by atoms with Crippen LogP contribution in [0, 0.1) is 11.8 Å². The number of hydrogen-bond acceptors (Lipinski definition) is 1. The standard InChI is InChI=1S/C11H19ClO/c1-8(2)7-11(13)9-5-3-4-6-10(9)12/h8-10H,3-7H2,1-2H3. The van der Waals surface area contributed by atoms with Gasteiger partial charge in [-0.3, -0.25) is 4.79 Å². The zero-order valence-electron chi connectivity index (χ0n) is 8.55. The van der Waals surface area contributed by atoms with Crippen molar-refractivity contribution in [2.45, 2.75) is 51.3 Å². The van der Waals surface area contributed by atoms with Gasteiger partial charge in [0.1, 0.15) is 5.78 Å². The van der Waals surface area contributed by atoms with E-state index in [0.717, 1.165) is 12.8 Å². The molecule has 2 heteroatoms. The molecule has 0 aromatic carbocycles. The van der Waals surface area contributed by atoms with Crippen molar-refractivity contribution in [3.8, 4) is 0 Å². The number of alkyl halides is 1. The van der Waals surface area contributed by atoms with E-state index >= 15 is 0 Å². The molecule has 1 fully saturated rings. The molecule has 0 spiro atoms. The van der Waals surface area contributed by atoms with Crippen molar-refractivity contribution in [2.24, 2.45) is 11.8 Å². The van der Waals surface area contributed by atoms with Crippen molar-refractivity contribution in [3.63, 3.8) is 0 Å². The van der Waals surface area contributed by atoms with Gasteiger partial charge in [-0.1, -0.05) is 26.7 Å². The van der Waals surface area contributed by atoms with Gasteiger partial charge < -0.3 is 0 Å². The van der Waals surface area contributed by atoms with Crippen LogP contribution in [-0.4, -0.2) is 11.2 Å². The highest BCUT2D eigenvalue weighted by atomic mass is 35.5. The first-order valence-electron chi connectivity index (χ1n) is 5.28. The Balaban J connectivity index is 2.44. The first-order valence-corrected chi connectivity index (χ1v) is 5.71. The van der Waals surface area contributed by atoms with E-state index in [4.69, 9.17) is 11.6 Å². The van der Waals surface area contributed by atoms with Gasteiger partial charge >= 0.3 is 0 Å². The molecule has 1 nitrogen and oxygen atoms in total. The lowest BCUT2D eigenvalue weighted by molar-refractivity contribution is -0.124. The predicted octanol–water partition coefficient (Wildman–Crippen LogP) is 3.40. The number of ketones is 1. The van der Waals surface area contributed by atoms with Crippen LogP contribution in [0.1, 0.15) is 46.0 Å². The molecule has 0 radical (unpaired) electrons. The van der Waals surface area contributed by atoms with Crippen LogP contribution in [0.3, 0.4) is 0 Å². The van der Waals surface area contributed by atoms with Crippen LogP contribution >= 0.6 is 11.6 Å². The van der Waals surface area contributed by atoms with Crippen molar-refractivity contribution in [1.29, 1.82) is 0 Å². The van der Waals surface area contributed by atoms with Gasteiger partial charge in [-0.05, 0) is 18.8 Å². The molecule has 0 aliphatic heterocycles. The summed E-state index contributed by atoms with van der Waals surface area (Å²) in [6.07, 6.45) is 5.11. The first-order chi connectivity index (χ1) is 6.11. The second-order valence-corrected chi connectivity index (χ2v) is 5.03. The maximum Gasteiger partial charge on any atom is 0.137 e. The van der Waals surface area contributed by atoms with Crippen LogP contribution in [0.2, 0.25) is 0 Å². The summed E-state index contributed by atoms with van der Waals surface area (Å²) in [4.78, 5) is 11.7. The molecule has 0 amide bonds. The van der Waals surface area contributed by atoms with E-state index in [-0.39, 0.29) is 11.3 Å². The van der Waals surface area contributed by atoms with Crippen molar-refractivity contribution in [2.75, 3.05) is 0 Å². The summed E-state index contributed by atoms with van der Waals surface area (Å²) < 4.78 is 0. The molecule has 0 N–H and O–H groups in total. The van der Waals surface area contributed by atoms with E-state index in [1.54, 1.807) is 0 Å². The number of carbonyl (C=O) groups is 1. The summed E-state index contributed by atoms with van der Waals surface area (Å²) >= 11 is 6.14. The monoisotopic (exact) mass is 202 g/mol. The van der Waals surface area contributed by atoms with Crippen molar-refractivity contribution >= 4 is 17.4 Å². The second-order valence-electron chi connectivity index (χ2n) is 4.47. The summed E-state index contributed by atoms with van der Waals surface area (Å²) in [5.74, 6) is 1.01. The molecule has 0 heterocycles. The average Bonchev–Trinajstić information content (AvgIpc) is 2.03. The zero-order chi connectivity index (χ0) is 9.84. The number of hydrogen-bond donors (Lipinski definition) is 0. The SMILES string of the molecule is CC(C)CC(=O)C1CCCCC1Cl. The minimum atomic E-state index is 0.111. The zero-order valence-corrected chi connectivity index (χ0v) is 9.31. The van der Waals surface area contributed by atoms with Crippen LogP contribution < -0.4 is 0 Å². The van der Waals surface area contributed by atoms with Crippen LogP contribution in [0.15, 0.2) is 0 Å². The molecule has 1 rings (SSSR count). The van der Waals surface area contributed by atoms with E-state index < -0.39 is 0 Å². The Labute approximate surface area is 85.8 Å². The van der Waals surface area contributed by atoms with Crippen LogP contribution in [-0.2, 0) is 4.79 Å². The number of halogens is 1. The van der Waals surface area contributed by atoms with Gasteiger partial charge in [0, 0.05) is 17.7 Å². The molecular weight excluding hydrogens is 184 g/mol. The third-order valence-corrected chi connectivity index (χ3v) is 3.23. The molecule has 13 heavy (non-hydrogen) atoms. The lowest BCUT2D eigenvalue weighted by Gasteiger charge is -2.26. The third-order valence-electron chi connectivity index (χ3n) is 2.70. The van der Waals surface area contributed by atoms with E-state index in [0.29, 0.717) is 18.1 Å². The maximum atomic E-state index is 11.7. The smallest absolute Gasteiger partial charge is 0.137 e. The highest BCUT2D eigenvalue weighted by molar-refractivity contribution is 6.22. The molecule has 0 saturated heterocycles. The van der Waals surface area contributed by atoms with E-state index in [2.05, 4.69) is 13.8 Å².